The van der Waals surface area contributed by atoms with Crippen LogP contribution in [0, 0.1) is 0 Å². The first kappa shape index (κ1) is 14.2. The fraction of sp³-hybridized carbons (Fsp3) is 0. The second-order valence-electron chi connectivity index (χ2n) is 11.7. The van der Waals surface area contributed by atoms with E-state index in [0.29, 0.717) is 5.56 Å². The Morgan fingerprint density at radius 2 is 0.882 bits per heavy atom. The molecule has 0 unspecified atom stereocenters. The van der Waals surface area contributed by atoms with Crippen LogP contribution in [-0.2, 0) is 0 Å². The van der Waals surface area contributed by atoms with Gasteiger partial charge >= 0.3 is 0 Å². The molecule has 0 fully saturated rings. The van der Waals surface area contributed by atoms with Crippen molar-refractivity contribution in [3.05, 3.63) is 188 Å². The smallest absolute Gasteiger partial charge is 0.0667 e. The van der Waals surface area contributed by atoms with Gasteiger partial charge in [0.2, 0.25) is 0 Å². The van der Waals surface area contributed by atoms with Crippen molar-refractivity contribution in [3.63, 3.8) is 0 Å². The molecule has 0 spiro atoms. The molecule has 11 aromatic rings. The van der Waals surface area contributed by atoms with E-state index in [-0.39, 0.29) is 27.5 Å². The molecule has 0 aliphatic heterocycles. The fourth-order valence-corrected chi connectivity index (χ4v) is 6.92. The highest BCUT2D eigenvalue weighted by Crippen LogP contribution is 2.41. The molecule has 3 heteroatoms. The Morgan fingerprint density at radius 3 is 1.57 bits per heavy atom. The van der Waals surface area contributed by atoms with Gasteiger partial charge in [-0.05, 0) is 71.6 Å². The minimum atomic E-state index is -0.931. The third-order valence-electron chi connectivity index (χ3n) is 9.04. The van der Waals surface area contributed by atoms with Crippen molar-refractivity contribution >= 4 is 65.4 Å². The third kappa shape index (κ3) is 4.06. The van der Waals surface area contributed by atoms with Crippen molar-refractivity contribution < 1.29 is 30.2 Å². The van der Waals surface area contributed by atoms with E-state index in [1.165, 1.54) is 4.57 Å². The van der Waals surface area contributed by atoms with Crippen molar-refractivity contribution in [2.75, 3.05) is 0 Å². The molecule has 8 aromatic carbocycles. The van der Waals surface area contributed by atoms with Crippen molar-refractivity contribution in [2.24, 2.45) is 0 Å². The predicted octanol–water partition coefficient (Wildman–Crippen LogP) is 12.6. The van der Waals surface area contributed by atoms with Gasteiger partial charge in [0.1, 0.15) is 0 Å². The average molecular weight is 672 g/mol. The fourth-order valence-electron chi connectivity index (χ4n) is 6.92. The zero-order valence-corrected chi connectivity index (χ0v) is 26.0. The number of fused-ring (bicyclic) bond motifs is 9. The lowest BCUT2D eigenvalue weighted by Crippen LogP contribution is -1.98. The maximum atomic E-state index is 10.2. The monoisotopic (exact) mass is 671 g/mol. The highest BCUT2D eigenvalue weighted by molar-refractivity contribution is 6.17. The Morgan fingerprint density at radius 1 is 0.353 bits per heavy atom. The molecule has 0 bridgehead atoms. The van der Waals surface area contributed by atoms with Crippen molar-refractivity contribution in [1.29, 1.82) is 0 Å². The van der Waals surface area contributed by atoms with E-state index in [9.17, 15) is 15.1 Å². The maximum Gasteiger partial charge on any atom is 0.0667 e. The van der Waals surface area contributed by atoms with E-state index < -0.39 is 188 Å². The number of rotatable bonds is 4. The lowest BCUT2D eigenvalue weighted by molar-refractivity contribution is 1.15. The van der Waals surface area contributed by atoms with Gasteiger partial charge in [0.15, 0.2) is 0 Å². The zero-order valence-electron chi connectivity index (χ0n) is 48.0. The third-order valence-corrected chi connectivity index (χ3v) is 9.04. The predicted molar refractivity (Wildman–Crippen MR) is 215 cm³/mol. The van der Waals surface area contributed by atoms with Gasteiger partial charge in [-0.25, -0.2) is 0 Å². The molecule has 3 aromatic heterocycles. The summed E-state index contributed by atoms with van der Waals surface area (Å²) in [4.78, 5) is 0. The highest BCUT2D eigenvalue weighted by Gasteiger charge is 2.20. The van der Waals surface area contributed by atoms with Crippen LogP contribution >= 0.6 is 0 Å². The van der Waals surface area contributed by atoms with Crippen molar-refractivity contribution in [3.8, 4) is 28.2 Å². The van der Waals surface area contributed by atoms with Crippen molar-refractivity contribution in [1.82, 2.24) is 13.7 Å². The number of para-hydroxylation sites is 4. The number of benzene rings is 8. The topological polar surface area (TPSA) is 14.8 Å². The first-order valence-corrected chi connectivity index (χ1v) is 15.7. The van der Waals surface area contributed by atoms with Gasteiger partial charge in [-0.15, -0.1) is 0 Å². The largest absolute Gasteiger partial charge is 0.309 e. The van der Waals surface area contributed by atoms with Gasteiger partial charge in [-0.2, -0.15) is 0 Å². The normalized spacial score (nSPS) is 18.0. The lowest BCUT2D eigenvalue weighted by Gasteiger charge is -2.13. The molecular formula is C48H31N3. The molecule has 11 rings (SSSR count). The molecule has 3 heterocycles. The van der Waals surface area contributed by atoms with Gasteiger partial charge in [-0.1, -0.05) is 127 Å². The van der Waals surface area contributed by atoms with Crippen LogP contribution in [0.15, 0.2) is 188 Å². The number of aromatic nitrogens is 3. The van der Waals surface area contributed by atoms with Crippen molar-refractivity contribution in [2.45, 2.75) is 0 Å². The molecule has 0 radical (unpaired) electrons. The zero-order chi connectivity index (χ0) is 52.6. The van der Waals surface area contributed by atoms with E-state index in [4.69, 9.17) is 15.1 Å². The molecule has 0 aliphatic carbocycles. The molecule has 238 valence electrons. The molecule has 0 aliphatic rings. The van der Waals surface area contributed by atoms with Gasteiger partial charge < -0.3 is 13.7 Å². The molecule has 0 saturated heterocycles. The summed E-state index contributed by atoms with van der Waals surface area (Å²) in [6.45, 7) is 0. The lowest BCUT2D eigenvalue weighted by atomic mass is 10.1. The molecule has 0 saturated carbocycles. The first-order chi connectivity index (χ1) is 34.5. The standard InChI is InChI=1S/C48H31N3/c1-2-14-32(15-3-1)33-16-12-17-34(30-33)50-41-22-8-4-20-38(41)39-29-28-35(31-47(39)50)49-44-25-11-7-21-40(44)48-45(49)26-13-27-46(48)51-42-23-9-5-18-36(42)37-19-6-10-24-43(37)51/h1-31H/i4D,5D,6D,7D,8D,9D,10D,11D,13D,18D,19D,20D,21D,22D,23D,24D,25D,26D,27D,28D,29D,31D. The Balaban J connectivity index is 1.42. The van der Waals surface area contributed by atoms with Crippen LogP contribution in [0.1, 0.15) is 30.2 Å². The van der Waals surface area contributed by atoms with E-state index in [2.05, 4.69) is 0 Å². The molecule has 0 N–H and O–H groups in total. The summed E-state index contributed by atoms with van der Waals surface area (Å²) in [5, 5.41) is -2.31. The second-order valence-corrected chi connectivity index (χ2v) is 11.7. The van der Waals surface area contributed by atoms with E-state index >= 15 is 0 Å². The van der Waals surface area contributed by atoms with E-state index in [1.807, 2.05) is 30.3 Å². The van der Waals surface area contributed by atoms with E-state index in [0.717, 1.165) is 14.7 Å². The molecule has 0 atom stereocenters. The summed E-state index contributed by atoms with van der Waals surface area (Å²) in [7, 11) is 0. The summed E-state index contributed by atoms with van der Waals surface area (Å²) in [6.07, 6.45) is 0. The van der Waals surface area contributed by atoms with Crippen LogP contribution in [0.2, 0.25) is 0 Å². The molecule has 3 nitrogen and oxygen atoms in total. The van der Waals surface area contributed by atoms with Gasteiger partial charge in [-0.3, -0.25) is 0 Å². The van der Waals surface area contributed by atoms with Crippen LogP contribution < -0.4 is 0 Å². The van der Waals surface area contributed by atoms with E-state index in [1.54, 1.807) is 24.3 Å². The minimum Gasteiger partial charge on any atom is -0.309 e. The van der Waals surface area contributed by atoms with Gasteiger partial charge in [0.05, 0.1) is 68.9 Å². The Labute approximate surface area is 325 Å². The van der Waals surface area contributed by atoms with Crippen LogP contribution in [0.5, 0.6) is 0 Å². The molecule has 0 amide bonds. The Hall–Kier alpha value is -6.84. The van der Waals surface area contributed by atoms with Crippen LogP contribution in [0.3, 0.4) is 0 Å². The number of nitrogens with zero attached hydrogens (tertiary/aromatic N) is 3. The maximum absolute atomic E-state index is 10.2. The first-order valence-electron chi connectivity index (χ1n) is 26.7. The summed E-state index contributed by atoms with van der Waals surface area (Å²) in [5.41, 5.74) is -2.22. The Kier molecular flexibility index (Phi) is 3.01. The van der Waals surface area contributed by atoms with Crippen LogP contribution in [0.4, 0.5) is 0 Å². The summed E-state index contributed by atoms with van der Waals surface area (Å²) < 4.78 is 205. The van der Waals surface area contributed by atoms with Gasteiger partial charge in [0.25, 0.3) is 0 Å². The molecule has 51 heavy (non-hydrogen) atoms. The second kappa shape index (κ2) is 10.8. The molecular weight excluding hydrogens is 619 g/mol. The summed E-state index contributed by atoms with van der Waals surface area (Å²) in [5.74, 6) is 0. The minimum absolute atomic E-state index is 0.176. The summed E-state index contributed by atoms with van der Waals surface area (Å²) in [6, 6.07) is -1.15. The quantitative estimate of drug-likeness (QED) is 0.177. The SMILES string of the molecule is [2H]c1c([2H])c([2H])c2c(c1[2H])c1c([2H])c([2H])c(-n3c4c([2H])c([2H])c([2H])c([2H])c4c4c(-n5c6c([2H])c([2H])c([2H])c([2H])c6c6c([2H])c([2H])c([2H])c([2H])c65)c([2H])c([2H])c([2H])c43)c([2H])c1n2-c1cccc(-c2ccccc2)c1. The number of hydrogen-bond acceptors (Lipinski definition) is 0. The van der Waals surface area contributed by atoms with Gasteiger partial charge in [0, 0.05) is 43.7 Å². The van der Waals surface area contributed by atoms with Crippen LogP contribution in [-0.4, -0.2) is 13.7 Å². The summed E-state index contributed by atoms with van der Waals surface area (Å²) >= 11 is 0. The Bertz CT molecular complexity index is 4320. The highest BCUT2D eigenvalue weighted by atomic mass is 15.0. The number of hydrogen-bond donors (Lipinski definition) is 0. The average Bonchev–Trinajstić information content (AvgIpc) is 4.05. The van der Waals surface area contributed by atoms with Crippen LogP contribution in [0.25, 0.3) is 93.6 Å².